The van der Waals surface area contributed by atoms with Crippen molar-refractivity contribution in [3.8, 4) is 0 Å². The van der Waals surface area contributed by atoms with Crippen LogP contribution in [0.1, 0.15) is 10.4 Å². The minimum absolute atomic E-state index is 0.0428. The highest BCUT2D eigenvalue weighted by atomic mass is 79.9. The summed E-state index contributed by atoms with van der Waals surface area (Å²) in [6.45, 7) is 0. The van der Waals surface area contributed by atoms with Gasteiger partial charge in [-0.05, 0) is 27.4 Å². The molecular weight excluding hydrogens is 188 g/mol. The van der Waals surface area contributed by atoms with Crippen LogP contribution < -0.4 is 0 Å². The van der Waals surface area contributed by atoms with Gasteiger partial charge in [-0.3, -0.25) is 4.79 Å². The van der Waals surface area contributed by atoms with Gasteiger partial charge >= 0.3 is 0 Å². The number of carbonyl (C=O) groups is 1. The van der Waals surface area contributed by atoms with E-state index in [1.165, 1.54) is 11.3 Å². The molecule has 42 valence electrons. The number of carbonyl (C=O) groups excluding carboxylic acids is 1. The molecule has 0 N–H and O–H groups in total. The largest absolute Gasteiger partial charge is 0.281 e. The van der Waals surface area contributed by atoms with Crippen molar-refractivity contribution in [1.82, 2.24) is 0 Å². The summed E-state index contributed by atoms with van der Waals surface area (Å²) in [4.78, 5) is 10.4. The summed E-state index contributed by atoms with van der Waals surface area (Å²) in [7, 11) is 0. The molecule has 0 atom stereocenters. The Bertz CT molecular complexity index is 180. The van der Waals surface area contributed by atoms with Gasteiger partial charge in [0.05, 0.1) is 0 Å². The van der Waals surface area contributed by atoms with Gasteiger partial charge in [-0.1, -0.05) is 0 Å². The van der Waals surface area contributed by atoms with Gasteiger partial charge in [0, 0.05) is 10.9 Å². The molecule has 0 bridgehead atoms. The van der Waals surface area contributed by atoms with Crippen molar-refractivity contribution in [1.29, 1.82) is 0 Å². The van der Waals surface area contributed by atoms with Crippen LogP contribution in [-0.2, 0) is 0 Å². The summed E-state index contributed by atoms with van der Waals surface area (Å²) in [5, 5.41) is 3.67. The number of hydrogen-bond acceptors (Lipinski definition) is 2. The molecular formula is C5H3BrOS. The van der Waals surface area contributed by atoms with Crippen LogP contribution in [0.5, 0.6) is 0 Å². The van der Waals surface area contributed by atoms with Crippen molar-refractivity contribution >= 4 is 32.0 Å². The van der Waals surface area contributed by atoms with E-state index in [-0.39, 0.29) is 4.69 Å². The van der Waals surface area contributed by atoms with Crippen LogP contribution in [0.15, 0.2) is 16.8 Å². The lowest BCUT2D eigenvalue weighted by atomic mass is 10.4. The quantitative estimate of drug-likeness (QED) is 0.622. The Kier molecular flexibility index (Phi) is 1.81. The van der Waals surface area contributed by atoms with Crippen LogP contribution in [-0.4, -0.2) is 4.69 Å². The molecule has 1 heterocycles. The van der Waals surface area contributed by atoms with Crippen molar-refractivity contribution in [3.05, 3.63) is 22.4 Å². The molecule has 0 aromatic carbocycles. The molecule has 0 unspecified atom stereocenters. The molecule has 0 spiro atoms. The smallest absolute Gasteiger partial charge is 0.228 e. The van der Waals surface area contributed by atoms with Gasteiger partial charge in [0.1, 0.15) is 0 Å². The molecule has 3 heteroatoms. The summed E-state index contributed by atoms with van der Waals surface area (Å²) < 4.78 is -0.0428. The Morgan fingerprint density at radius 3 is 2.75 bits per heavy atom. The molecule has 1 aromatic heterocycles. The number of halogens is 1. The maximum atomic E-state index is 10.4. The Morgan fingerprint density at radius 1 is 1.75 bits per heavy atom. The minimum Gasteiger partial charge on any atom is -0.281 e. The van der Waals surface area contributed by atoms with Crippen LogP contribution in [0, 0.1) is 0 Å². The van der Waals surface area contributed by atoms with Gasteiger partial charge < -0.3 is 0 Å². The molecule has 0 saturated carbocycles. The van der Waals surface area contributed by atoms with Gasteiger partial charge in [0.2, 0.25) is 4.69 Å². The van der Waals surface area contributed by atoms with Crippen molar-refractivity contribution in [3.63, 3.8) is 0 Å². The standard InChI is InChI=1S/C5H3BrOS/c6-5(7)4-1-2-8-3-4/h1-3H. The first-order valence-corrected chi connectivity index (χ1v) is 3.76. The first kappa shape index (κ1) is 5.98. The second-order valence-corrected chi connectivity index (χ2v) is 2.79. The molecule has 0 radical (unpaired) electrons. The minimum atomic E-state index is -0.0428. The summed E-state index contributed by atoms with van der Waals surface area (Å²) in [5.74, 6) is 0. The van der Waals surface area contributed by atoms with Crippen molar-refractivity contribution < 1.29 is 4.79 Å². The summed E-state index contributed by atoms with van der Waals surface area (Å²) in [6.07, 6.45) is 0. The number of rotatable bonds is 1. The zero-order valence-corrected chi connectivity index (χ0v) is 6.33. The first-order chi connectivity index (χ1) is 3.80. The topological polar surface area (TPSA) is 17.1 Å². The molecule has 0 fully saturated rings. The normalized spacial score (nSPS) is 9.12. The van der Waals surface area contributed by atoms with Crippen LogP contribution in [0.3, 0.4) is 0 Å². The van der Waals surface area contributed by atoms with Crippen molar-refractivity contribution in [2.75, 3.05) is 0 Å². The molecule has 1 aromatic rings. The third kappa shape index (κ3) is 1.17. The van der Waals surface area contributed by atoms with E-state index in [9.17, 15) is 4.79 Å². The van der Waals surface area contributed by atoms with Crippen molar-refractivity contribution in [2.24, 2.45) is 0 Å². The fourth-order valence-corrected chi connectivity index (χ4v) is 1.41. The Balaban J connectivity index is 2.93. The van der Waals surface area contributed by atoms with E-state index in [1.54, 1.807) is 11.4 Å². The van der Waals surface area contributed by atoms with Crippen LogP contribution >= 0.6 is 27.3 Å². The highest BCUT2D eigenvalue weighted by molar-refractivity contribution is 9.18. The maximum Gasteiger partial charge on any atom is 0.228 e. The fourth-order valence-electron chi connectivity index (χ4n) is 0.376. The van der Waals surface area contributed by atoms with Crippen LogP contribution in [0.25, 0.3) is 0 Å². The molecule has 0 aliphatic carbocycles. The molecule has 0 aliphatic rings. The Labute approximate surface area is 59.5 Å². The lowest BCUT2D eigenvalue weighted by molar-refractivity contribution is 0.109. The van der Waals surface area contributed by atoms with Crippen molar-refractivity contribution in [2.45, 2.75) is 0 Å². The fraction of sp³-hybridized carbons (Fsp3) is 0. The zero-order valence-electron chi connectivity index (χ0n) is 3.93. The zero-order chi connectivity index (χ0) is 5.98. The molecule has 1 rings (SSSR count). The van der Waals surface area contributed by atoms with Crippen LogP contribution in [0.4, 0.5) is 0 Å². The lowest BCUT2D eigenvalue weighted by Crippen LogP contribution is -1.79. The third-order valence-corrected chi connectivity index (χ3v) is 1.89. The monoisotopic (exact) mass is 190 g/mol. The summed E-state index contributed by atoms with van der Waals surface area (Å²) in [5.41, 5.74) is 0.731. The Hall–Kier alpha value is -0.150. The average Bonchev–Trinajstić information content (AvgIpc) is 2.12. The summed E-state index contributed by atoms with van der Waals surface area (Å²) >= 11 is 4.35. The summed E-state index contributed by atoms with van der Waals surface area (Å²) in [6, 6.07) is 1.78. The van der Waals surface area contributed by atoms with Crippen LogP contribution in [0.2, 0.25) is 0 Å². The average molecular weight is 191 g/mol. The molecule has 0 saturated heterocycles. The van der Waals surface area contributed by atoms with Gasteiger partial charge in [-0.25, -0.2) is 0 Å². The third-order valence-electron chi connectivity index (χ3n) is 0.748. The first-order valence-electron chi connectivity index (χ1n) is 2.03. The SMILES string of the molecule is O=C(Br)c1ccsc1. The molecule has 1 nitrogen and oxygen atoms in total. The predicted octanol–water partition coefficient (Wildman–Crippen LogP) is 2.28. The predicted molar refractivity (Wildman–Crippen MR) is 37.6 cm³/mol. The van der Waals surface area contributed by atoms with E-state index < -0.39 is 0 Å². The van der Waals surface area contributed by atoms with Gasteiger partial charge in [0.15, 0.2) is 0 Å². The van der Waals surface area contributed by atoms with E-state index in [2.05, 4.69) is 15.9 Å². The van der Waals surface area contributed by atoms with Gasteiger partial charge in [-0.15, -0.1) is 0 Å². The molecule has 0 amide bonds. The number of hydrogen-bond donors (Lipinski definition) is 0. The lowest BCUT2D eigenvalue weighted by Gasteiger charge is -1.77. The van der Waals surface area contributed by atoms with E-state index >= 15 is 0 Å². The Morgan fingerprint density at radius 2 is 2.50 bits per heavy atom. The van der Waals surface area contributed by atoms with Gasteiger partial charge in [-0.2, -0.15) is 11.3 Å². The highest BCUT2D eigenvalue weighted by Crippen LogP contribution is 2.09. The molecule has 0 aliphatic heterocycles. The van der Waals surface area contributed by atoms with E-state index in [4.69, 9.17) is 0 Å². The molecule has 8 heavy (non-hydrogen) atoms. The second kappa shape index (κ2) is 2.42. The number of thiophene rings is 1. The van der Waals surface area contributed by atoms with E-state index in [1.807, 2.05) is 5.38 Å². The highest BCUT2D eigenvalue weighted by Gasteiger charge is 1.97. The maximum absolute atomic E-state index is 10.4. The van der Waals surface area contributed by atoms with Gasteiger partial charge in [0.25, 0.3) is 0 Å². The second-order valence-electron chi connectivity index (χ2n) is 1.29. The van der Waals surface area contributed by atoms with E-state index in [0.717, 1.165) is 5.56 Å². The van der Waals surface area contributed by atoms with E-state index in [0.29, 0.717) is 0 Å².